The third kappa shape index (κ3) is 8.81. The summed E-state index contributed by atoms with van der Waals surface area (Å²) in [5.74, 6) is 0.539. The number of hydrogen-bond donors (Lipinski definition) is 3. The zero-order chi connectivity index (χ0) is 20.4. The average Bonchev–Trinajstić information content (AvgIpc) is 2.67. The summed E-state index contributed by atoms with van der Waals surface area (Å²) in [5, 5.41) is 9.42. The van der Waals surface area contributed by atoms with Gasteiger partial charge in [0.1, 0.15) is 5.82 Å². The normalized spacial score (nSPS) is 10.8. The number of carbonyl (C=O) groups is 1. The molecule has 2 aromatic carbocycles. The number of carbonyl (C=O) groups excluding carboxylic acids is 1. The van der Waals surface area contributed by atoms with Crippen LogP contribution in [0.3, 0.4) is 0 Å². The minimum Gasteiger partial charge on any atom is -0.356 e. The highest BCUT2D eigenvalue weighted by molar-refractivity contribution is 14.0. The topological polar surface area (TPSA) is 65.5 Å². The van der Waals surface area contributed by atoms with Crippen LogP contribution in [0.5, 0.6) is 0 Å². The monoisotopic (exact) mass is 512 g/mol. The summed E-state index contributed by atoms with van der Waals surface area (Å²) in [6, 6.07) is 12.6. The van der Waals surface area contributed by atoms with E-state index in [2.05, 4.69) is 20.9 Å². The first kappa shape index (κ1) is 24.9. The van der Waals surface area contributed by atoms with Crippen LogP contribution in [-0.4, -0.2) is 25.5 Å². The quantitative estimate of drug-likeness (QED) is 0.279. The lowest BCUT2D eigenvalue weighted by molar-refractivity contribution is -0.116. The molecule has 0 radical (unpaired) electrons. The highest BCUT2D eigenvalue weighted by atomic mass is 127. The highest BCUT2D eigenvalue weighted by Gasteiger charge is 2.03. The highest BCUT2D eigenvalue weighted by Crippen LogP contribution is 2.11. The maximum Gasteiger partial charge on any atom is 0.224 e. The molecule has 0 saturated heterocycles. The molecule has 0 bridgehead atoms. The number of guanidine groups is 1. The summed E-state index contributed by atoms with van der Waals surface area (Å²) in [7, 11) is 1.73. The Morgan fingerprint density at radius 2 is 1.83 bits per heavy atom. The minimum atomic E-state index is -0.206. The van der Waals surface area contributed by atoms with Crippen LogP contribution in [0, 0.1) is 12.7 Å². The lowest BCUT2D eigenvalue weighted by atomic mass is 10.1. The molecule has 2 rings (SSSR count). The number of rotatable bonds is 8. The van der Waals surface area contributed by atoms with Crippen molar-refractivity contribution >= 4 is 41.5 Å². The Morgan fingerprint density at radius 1 is 1.10 bits per heavy atom. The van der Waals surface area contributed by atoms with Crippen LogP contribution in [0.1, 0.15) is 36.5 Å². The van der Waals surface area contributed by atoms with Gasteiger partial charge in [0.15, 0.2) is 5.96 Å². The molecule has 0 unspecified atom stereocenters. The van der Waals surface area contributed by atoms with E-state index in [0.29, 0.717) is 25.5 Å². The molecule has 0 aliphatic heterocycles. The van der Waals surface area contributed by atoms with E-state index in [1.54, 1.807) is 13.1 Å². The molecule has 3 N–H and O–H groups in total. The van der Waals surface area contributed by atoms with Gasteiger partial charge >= 0.3 is 0 Å². The Kier molecular flexibility index (Phi) is 11.3. The third-order valence-corrected chi connectivity index (χ3v) is 4.39. The maximum absolute atomic E-state index is 13.2. The van der Waals surface area contributed by atoms with E-state index < -0.39 is 0 Å². The molecule has 0 aromatic heterocycles. The summed E-state index contributed by atoms with van der Waals surface area (Å²) in [5.41, 5.74) is 3.96. The summed E-state index contributed by atoms with van der Waals surface area (Å²) < 4.78 is 13.2. The lowest BCUT2D eigenvalue weighted by Crippen LogP contribution is -2.37. The molecule has 5 nitrogen and oxygen atoms in total. The number of hydrogen-bond acceptors (Lipinski definition) is 2. The number of aliphatic imine (C=N–C) groups is 1. The molecule has 0 saturated carbocycles. The average molecular weight is 512 g/mol. The number of amides is 1. The van der Waals surface area contributed by atoms with Gasteiger partial charge in [-0.25, -0.2) is 4.39 Å². The molecule has 29 heavy (non-hydrogen) atoms. The molecule has 0 atom stereocenters. The molecular formula is C22H30FIN4O. The second kappa shape index (κ2) is 13.1. The zero-order valence-electron chi connectivity index (χ0n) is 17.2. The van der Waals surface area contributed by atoms with Gasteiger partial charge in [-0.2, -0.15) is 0 Å². The zero-order valence-corrected chi connectivity index (χ0v) is 19.5. The molecule has 2 aromatic rings. The predicted molar refractivity (Wildman–Crippen MR) is 128 cm³/mol. The van der Waals surface area contributed by atoms with Crippen molar-refractivity contribution in [3.05, 3.63) is 65.0 Å². The first-order valence-electron chi connectivity index (χ1n) is 9.60. The van der Waals surface area contributed by atoms with Gasteiger partial charge in [0.25, 0.3) is 0 Å². The fraction of sp³-hybridized carbons (Fsp3) is 0.364. The standard InChI is InChI=1S/C22H29FN4O.HI/c1-4-5-21(28)27-20-10-6-17(7-11-20)15-26-22(24-3)25-13-12-18-8-9-19(23)14-16(18)2;/h6-11,14H,4-5,12-13,15H2,1-3H3,(H,27,28)(H2,24,25,26);1H. The molecule has 0 aliphatic rings. The van der Waals surface area contributed by atoms with Crippen LogP contribution < -0.4 is 16.0 Å². The molecule has 0 spiro atoms. The maximum atomic E-state index is 13.2. The van der Waals surface area contributed by atoms with Crippen LogP contribution in [0.25, 0.3) is 0 Å². The number of nitrogens with one attached hydrogen (secondary N) is 3. The second-order valence-electron chi connectivity index (χ2n) is 6.67. The van der Waals surface area contributed by atoms with Crippen LogP contribution >= 0.6 is 24.0 Å². The summed E-state index contributed by atoms with van der Waals surface area (Å²) in [6.07, 6.45) is 2.16. The molecule has 1 amide bonds. The van der Waals surface area contributed by atoms with Gasteiger partial charge in [-0.15, -0.1) is 24.0 Å². The van der Waals surface area contributed by atoms with E-state index in [9.17, 15) is 9.18 Å². The van der Waals surface area contributed by atoms with E-state index in [-0.39, 0.29) is 35.7 Å². The van der Waals surface area contributed by atoms with Gasteiger partial charge in [0.05, 0.1) is 0 Å². The first-order valence-corrected chi connectivity index (χ1v) is 9.60. The third-order valence-electron chi connectivity index (χ3n) is 4.39. The molecule has 0 aliphatic carbocycles. The van der Waals surface area contributed by atoms with E-state index in [1.165, 1.54) is 6.07 Å². The Labute approximate surface area is 189 Å². The van der Waals surface area contributed by atoms with Crippen molar-refractivity contribution < 1.29 is 9.18 Å². The largest absolute Gasteiger partial charge is 0.356 e. The molecular weight excluding hydrogens is 482 g/mol. The van der Waals surface area contributed by atoms with Crippen molar-refractivity contribution in [3.8, 4) is 0 Å². The van der Waals surface area contributed by atoms with Gasteiger partial charge < -0.3 is 16.0 Å². The van der Waals surface area contributed by atoms with Crippen molar-refractivity contribution in [1.82, 2.24) is 10.6 Å². The van der Waals surface area contributed by atoms with Gasteiger partial charge in [0.2, 0.25) is 5.91 Å². The van der Waals surface area contributed by atoms with E-state index in [4.69, 9.17) is 0 Å². The Hall–Kier alpha value is -2.16. The Morgan fingerprint density at radius 3 is 2.45 bits per heavy atom. The second-order valence-corrected chi connectivity index (χ2v) is 6.67. The van der Waals surface area contributed by atoms with Gasteiger partial charge in [0, 0.05) is 32.2 Å². The smallest absolute Gasteiger partial charge is 0.224 e. The number of aryl methyl sites for hydroxylation is 1. The van der Waals surface area contributed by atoms with E-state index >= 15 is 0 Å². The summed E-state index contributed by atoms with van der Waals surface area (Å²) in [6.45, 7) is 5.23. The van der Waals surface area contributed by atoms with Crippen LogP contribution in [-0.2, 0) is 17.8 Å². The van der Waals surface area contributed by atoms with Crippen molar-refractivity contribution in [3.63, 3.8) is 0 Å². The Balaban J connectivity index is 0.00000420. The summed E-state index contributed by atoms with van der Waals surface area (Å²) in [4.78, 5) is 15.9. The molecule has 0 heterocycles. The van der Waals surface area contributed by atoms with Crippen molar-refractivity contribution in [1.29, 1.82) is 0 Å². The Bertz CT molecular complexity index is 809. The number of benzene rings is 2. The van der Waals surface area contributed by atoms with Crippen LogP contribution in [0.15, 0.2) is 47.5 Å². The SMILES string of the molecule is CCCC(=O)Nc1ccc(CNC(=NC)NCCc2ccc(F)cc2C)cc1.I. The fourth-order valence-electron chi connectivity index (χ4n) is 2.82. The van der Waals surface area contributed by atoms with Crippen molar-refractivity contribution in [2.75, 3.05) is 18.9 Å². The minimum absolute atomic E-state index is 0. The van der Waals surface area contributed by atoms with Gasteiger partial charge in [-0.3, -0.25) is 9.79 Å². The molecule has 0 fully saturated rings. The van der Waals surface area contributed by atoms with Crippen LogP contribution in [0.2, 0.25) is 0 Å². The van der Waals surface area contributed by atoms with E-state index in [0.717, 1.165) is 35.2 Å². The van der Waals surface area contributed by atoms with Gasteiger partial charge in [-0.05, 0) is 60.7 Å². The van der Waals surface area contributed by atoms with Crippen molar-refractivity contribution in [2.24, 2.45) is 4.99 Å². The predicted octanol–water partition coefficient (Wildman–Crippen LogP) is 4.40. The summed E-state index contributed by atoms with van der Waals surface area (Å²) >= 11 is 0. The number of anilines is 1. The molecule has 7 heteroatoms. The molecule has 158 valence electrons. The lowest BCUT2D eigenvalue weighted by Gasteiger charge is -2.13. The fourth-order valence-corrected chi connectivity index (χ4v) is 2.82. The van der Waals surface area contributed by atoms with Crippen LogP contribution in [0.4, 0.5) is 10.1 Å². The number of nitrogens with zero attached hydrogens (tertiary/aromatic N) is 1. The number of halogens is 2. The first-order chi connectivity index (χ1) is 13.5. The van der Waals surface area contributed by atoms with Crippen molar-refractivity contribution in [2.45, 2.75) is 39.7 Å². The van der Waals surface area contributed by atoms with E-state index in [1.807, 2.05) is 44.2 Å². The van der Waals surface area contributed by atoms with Gasteiger partial charge in [-0.1, -0.05) is 25.1 Å².